The number of methoxy groups -OCH3 is 1. The van der Waals surface area contributed by atoms with E-state index in [1.807, 2.05) is 0 Å². The van der Waals surface area contributed by atoms with Gasteiger partial charge in [0.05, 0.1) is 77.6 Å². The van der Waals surface area contributed by atoms with Crippen LogP contribution in [0.5, 0.6) is 17.2 Å². The lowest BCUT2D eigenvalue weighted by Crippen LogP contribution is -2.58. The fourth-order valence-corrected chi connectivity index (χ4v) is 11.3. The third-order valence-electron chi connectivity index (χ3n) is 15.9. The minimum Gasteiger partial charge on any atom is -0.507 e. The van der Waals surface area contributed by atoms with Crippen LogP contribution in [0.1, 0.15) is 102 Å². The summed E-state index contributed by atoms with van der Waals surface area (Å²) in [6.45, 7) is 12.1. The van der Waals surface area contributed by atoms with Gasteiger partial charge in [-0.05, 0) is 84.9 Å². The second-order valence-electron chi connectivity index (χ2n) is 21.7. The number of carbonyl (C=O) groups excluding carboxylic acids is 2. The number of ketones is 2. The van der Waals surface area contributed by atoms with Crippen LogP contribution in [0.4, 0.5) is 0 Å². The number of rotatable bonds is 15. The van der Waals surface area contributed by atoms with Crippen LogP contribution in [0.3, 0.4) is 0 Å². The molecule has 24 nitrogen and oxygen atoms in total. The molecule has 8 rings (SSSR count). The Morgan fingerprint density at radius 2 is 1.17 bits per heavy atom. The minimum atomic E-state index is -1.95. The summed E-state index contributed by atoms with van der Waals surface area (Å²) in [5.41, 5.74) is -1.47. The summed E-state index contributed by atoms with van der Waals surface area (Å²) in [7, 11) is 1.18. The molecule has 1 aliphatic carbocycles. The maximum Gasteiger partial charge on any atom is 0.202 e. The third-order valence-corrected chi connectivity index (χ3v) is 15.9. The van der Waals surface area contributed by atoms with Crippen LogP contribution in [0.15, 0.2) is 12.1 Å². The summed E-state index contributed by atoms with van der Waals surface area (Å²) < 4.78 is 66.5. The van der Waals surface area contributed by atoms with E-state index in [-0.39, 0.29) is 71.7 Å². The Hall–Kier alpha value is -3.32. The first-order valence-corrected chi connectivity index (χ1v) is 26.0. The van der Waals surface area contributed by atoms with Crippen molar-refractivity contribution in [2.45, 2.75) is 241 Å². The van der Waals surface area contributed by atoms with Crippen LogP contribution in [-0.4, -0.2) is 222 Å². The number of phenolic OH excluding ortho intramolecular Hbond substituents is 2. The number of aliphatic hydroxyl groups excluding tert-OH is 8. The molecule has 5 heterocycles. The zero-order valence-corrected chi connectivity index (χ0v) is 44.0. The quantitative estimate of drug-likeness (QED) is 0.110. The Kier molecular flexibility index (Phi) is 18.1. The number of ether oxygens (including phenoxy) is 11. The van der Waals surface area contributed by atoms with Gasteiger partial charge in [-0.15, -0.1) is 0 Å². The highest BCUT2D eigenvalue weighted by molar-refractivity contribution is 6.11. The zero-order valence-electron chi connectivity index (χ0n) is 44.0. The van der Waals surface area contributed by atoms with E-state index in [1.54, 1.807) is 27.7 Å². The van der Waals surface area contributed by atoms with Crippen molar-refractivity contribution in [3.8, 4) is 17.2 Å². The predicted molar refractivity (Wildman–Crippen MR) is 259 cm³/mol. The molecule has 0 spiro atoms. The van der Waals surface area contributed by atoms with Crippen molar-refractivity contribution in [3.05, 3.63) is 28.8 Å². The van der Waals surface area contributed by atoms with Crippen LogP contribution in [0.25, 0.3) is 10.8 Å². The highest BCUT2D eigenvalue weighted by Gasteiger charge is 2.51. The predicted octanol–water partition coefficient (Wildman–Crippen LogP) is -0.249. The van der Waals surface area contributed by atoms with Crippen LogP contribution < -0.4 is 4.74 Å². The van der Waals surface area contributed by atoms with E-state index >= 15 is 4.79 Å². The van der Waals surface area contributed by atoms with Crippen LogP contribution in [0.2, 0.25) is 0 Å². The van der Waals surface area contributed by atoms with Crippen molar-refractivity contribution in [1.82, 2.24) is 0 Å². The van der Waals surface area contributed by atoms with Gasteiger partial charge in [-0.1, -0.05) is 0 Å². The van der Waals surface area contributed by atoms with E-state index < -0.39 is 176 Å². The van der Waals surface area contributed by atoms with Gasteiger partial charge < -0.3 is 108 Å². The number of fused-ring (bicyclic) bond motifs is 2. The number of hydrogen-bond acceptors (Lipinski definition) is 24. The second kappa shape index (κ2) is 23.4. The molecule has 428 valence electrons. The Balaban J connectivity index is 1.04. The Labute approximate surface area is 439 Å². The lowest BCUT2D eigenvalue weighted by Gasteiger charge is -2.46. The molecule has 1 unspecified atom stereocenters. The van der Waals surface area contributed by atoms with Crippen LogP contribution in [0, 0.1) is 12.8 Å². The SMILES string of the molecule is CO[C@H](C(=O)[C@@H](O)[C@@H](C)O)[C@@H]1Cc2cc3cc(O[C@H]4CC(O[C@H]5C[C@@H](O)[C@H](O)[C@@H](C)O5)[C@H](O)[C@@H](C)O4)c(C)c(O)c3c(O)c2C(=O)[C@H]1O[C@H]1C[C@@H](O[C@H]2C[C@@H](O[C@H]3C[C@](C)(O)[C@H](O)[C@@H](C)O3)[C@H](O)[C@@H](C)O2)[C@H](O)[C@@H](C)O1. The smallest absolute Gasteiger partial charge is 0.202 e. The first-order valence-electron chi connectivity index (χ1n) is 26.0. The summed E-state index contributed by atoms with van der Waals surface area (Å²) in [5, 5.41) is 120. The van der Waals surface area contributed by atoms with Gasteiger partial charge in [-0.25, -0.2) is 0 Å². The van der Waals surface area contributed by atoms with Gasteiger partial charge >= 0.3 is 0 Å². The standard InChI is InChI=1S/C52H76O24/c1-18-29(72-34-14-30(43(58)21(4)68-34)73-33-13-28(54)42(57)20(3)67-33)12-26-10-25-11-27(49(66-9)48(63)41(56)19(2)53)50(47(62)39(25)46(61)38(26)40(18)55)76-36-16-31(44(59)23(6)70-36)74-35-15-32(45(60)22(5)69-35)75-37-17-52(8,65)51(64)24(7)71-37/h10,12,19-24,27-28,30-37,41-45,49-51,53-61,64-65H,11,13-17H2,1-9H3/t19-,20-,21-,22-,23-,24-,27+,28-,30?,31-,32-,33+,34+,35+,36+,37+,41+,42-,43-,44-,45-,49+,50+,51-,52+/m1/s1. The van der Waals surface area contributed by atoms with E-state index in [0.717, 1.165) is 0 Å². The molecule has 0 bridgehead atoms. The molecular weight excluding hydrogens is 1010 g/mol. The lowest BCUT2D eigenvalue weighted by molar-refractivity contribution is -0.334. The molecule has 11 N–H and O–H groups in total. The average molecular weight is 1090 g/mol. The average Bonchev–Trinajstić information content (AvgIpc) is 3.38. The number of benzene rings is 2. The molecule has 5 aliphatic heterocycles. The fraction of sp³-hybridized carbons (Fsp3) is 0.769. The maximum absolute atomic E-state index is 15.0. The van der Waals surface area contributed by atoms with Crippen molar-refractivity contribution >= 4 is 22.3 Å². The number of phenols is 2. The van der Waals surface area contributed by atoms with Crippen molar-refractivity contribution in [2.24, 2.45) is 5.92 Å². The molecule has 6 aliphatic rings. The summed E-state index contributed by atoms with van der Waals surface area (Å²) in [6.07, 6.45) is -27.0. The summed E-state index contributed by atoms with van der Waals surface area (Å²) in [4.78, 5) is 28.9. The van der Waals surface area contributed by atoms with Crippen molar-refractivity contribution in [2.75, 3.05) is 7.11 Å². The van der Waals surface area contributed by atoms with Crippen molar-refractivity contribution in [3.63, 3.8) is 0 Å². The molecule has 5 fully saturated rings. The number of aromatic hydroxyl groups is 2. The van der Waals surface area contributed by atoms with E-state index in [0.29, 0.717) is 0 Å². The molecule has 0 radical (unpaired) electrons. The van der Waals surface area contributed by atoms with Crippen molar-refractivity contribution in [1.29, 1.82) is 0 Å². The normalized spacial score (nSPS) is 42.5. The molecule has 0 saturated carbocycles. The number of carbonyl (C=O) groups is 2. The molecule has 0 amide bonds. The van der Waals surface area contributed by atoms with Gasteiger partial charge in [-0.2, -0.15) is 0 Å². The van der Waals surface area contributed by atoms with E-state index in [1.165, 1.54) is 46.9 Å². The van der Waals surface area contributed by atoms with Gasteiger partial charge in [0.15, 0.2) is 36.7 Å². The zero-order chi connectivity index (χ0) is 55.6. The molecule has 5 saturated heterocycles. The van der Waals surface area contributed by atoms with Gasteiger partial charge in [0.1, 0.15) is 66.1 Å². The monoisotopic (exact) mass is 1080 g/mol. The molecular formula is C52H76O24. The highest BCUT2D eigenvalue weighted by atomic mass is 16.7. The largest absolute Gasteiger partial charge is 0.507 e. The molecule has 25 atom stereocenters. The maximum atomic E-state index is 15.0. The molecule has 76 heavy (non-hydrogen) atoms. The number of aliphatic hydroxyl groups is 9. The summed E-state index contributed by atoms with van der Waals surface area (Å²) in [6, 6.07) is 3.03. The van der Waals surface area contributed by atoms with E-state index in [2.05, 4.69) is 0 Å². The third kappa shape index (κ3) is 11.9. The Morgan fingerprint density at radius 1 is 0.684 bits per heavy atom. The number of Topliss-reactive ketones (excluding diaryl/α,β-unsaturated/α-hetero) is 2. The van der Waals surface area contributed by atoms with Gasteiger partial charge in [0, 0.05) is 50.7 Å². The fourth-order valence-electron chi connectivity index (χ4n) is 11.3. The molecule has 2 aromatic carbocycles. The van der Waals surface area contributed by atoms with Crippen LogP contribution in [-0.2, 0) is 58.6 Å². The summed E-state index contributed by atoms with van der Waals surface area (Å²) >= 11 is 0. The first kappa shape index (κ1) is 58.8. The Morgan fingerprint density at radius 3 is 1.70 bits per heavy atom. The Bertz CT molecular complexity index is 2350. The second-order valence-corrected chi connectivity index (χ2v) is 21.7. The lowest BCUT2D eigenvalue weighted by atomic mass is 9.75. The van der Waals surface area contributed by atoms with E-state index in [4.69, 9.17) is 52.1 Å². The van der Waals surface area contributed by atoms with E-state index in [9.17, 15) is 61.0 Å². The van der Waals surface area contributed by atoms with Crippen LogP contribution >= 0.6 is 0 Å². The molecule has 0 aromatic heterocycles. The molecule has 24 heteroatoms. The van der Waals surface area contributed by atoms with Gasteiger partial charge in [0.2, 0.25) is 6.29 Å². The van der Waals surface area contributed by atoms with Crippen molar-refractivity contribution < 1.29 is 118 Å². The van der Waals surface area contributed by atoms with Gasteiger partial charge in [-0.3, -0.25) is 9.59 Å². The minimum absolute atomic E-state index is 0.0365. The first-order chi connectivity index (χ1) is 35.7. The number of hydrogen-bond donors (Lipinski definition) is 11. The topological polar surface area (TPSA) is 358 Å². The highest BCUT2D eigenvalue weighted by Crippen LogP contribution is 2.47. The molecule has 2 aromatic rings. The van der Waals surface area contributed by atoms with Gasteiger partial charge in [0.25, 0.3) is 0 Å². The summed E-state index contributed by atoms with van der Waals surface area (Å²) in [5.74, 6) is -4.07.